The smallest absolute Gasteiger partial charge is 0.160 e. The van der Waals surface area contributed by atoms with Crippen molar-refractivity contribution in [1.29, 1.82) is 0 Å². The zero-order chi connectivity index (χ0) is 56.6. The van der Waals surface area contributed by atoms with Crippen LogP contribution < -0.4 is 0 Å². The summed E-state index contributed by atoms with van der Waals surface area (Å²) >= 11 is 0. The summed E-state index contributed by atoms with van der Waals surface area (Å²) in [7, 11) is 0. The van der Waals surface area contributed by atoms with Crippen molar-refractivity contribution < 1.29 is 26.2 Å². The Hall–Kier alpha value is -6.95. The fourth-order valence-electron chi connectivity index (χ4n) is 11.3. The van der Waals surface area contributed by atoms with E-state index in [1.54, 1.807) is 6.33 Å². The topological polar surface area (TPSA) is 81.7 Å². The maximum Gasteiger partial charge on any atom is 0.160 e. The minimum Gasteiger partial charge on any atom is -0.507 e. The molecule has 0 aliphatic carbocycles. The molecule has 0 bridgehead atoms. The fourth-order valence-corrected chi connectivity index (χ4v) is 11.3. The molecule has 0 saturated heterocycles. The molecule has 10 rings (SSSR count). The quantitative estimate of drug-likeness (QED) is 0.131. The van der Waals surface area contributed by atoms with Crippen molar-refractivity contribution in [3.8, 4) is 73.3 Å². The van der Waals surface area contributed by atoms with Gasteiger partial charge in [0, 0.05) is 32.3 Å². The van der Waals surface area contributed by atoms with Crippen molar-refractivity contribution in [2.24, 2.45) is 0 Å². The van der Waals surface area contributed by atoms with Crippen LogP contribution in [0.5, 0.6) is 5.75 Å². The summed E-state index contributed by atoms with van der Waals surface area (Å²) < 4.78 is 4.66. The number of rotatable bonds is 11. The Morgan fingerprint density at radius 1 is 0.475 bits per heavy atom. The average Bonchev–Trinajstić information content (AvgIpc) is 4.05. The maximum absolute atomic E-state index is 12.9. The van der Waals surface area contributed by atoms with Gasteiger partial charge in [0.2, 0.25) is 0 Å². The van der Waals surface area contributed by atoms with Crippen LogP contribution in [0.2, 0.25) is 0 Å². The number of aromatic hydroxyl groups is 1. The number of phenols is 1. The minimum atomic E-state index is -0.359. The molecule has 0 spiro atoms. The normalized spacial score (nSPS) is 12.5. The Bertz CT molecular complexity index is 3860. The second kappa shape index (κ2) is 21.8. The van der Waals surface area contributed by atoms with Crippen molar-refractivity contribution in [2.45, 2.75) is 158 Å². The van der Waals surface area contributed by atoms with Crippen molar-refractivity contribution in [3.05, 3.63) is 185 Å². The third kappa shape index (κ3) is 10.8. The first kappa shape index (κ1) is 57.7. The number of benzene rings is 7. The maximum atomic E-state index is 12.9. The van der Waals surface area contributed by atoms with Crippen LogP contribution in [0.25, 0.3) is 89.7 Å². The van der Waals surface area contributed by atoms with E-state index < -0.39 is 0 Å². The molecule has 0 amide bonds. The summed E-state index contributed by atoms with van der Waals surface area (Å²) in [4.78, 5) is 20.8. The molecule has 10 aromatic rings. The van der Waals surface area contributed by atoms with E-state index in [-0.39, 0.29) is 66.7 Å². The molecule has 0 radical (unpaired) electrons. The molecule has 7 aromatic carbocycles. The molecule has 414 valence electrons. The van der Waals surface area contributed by atoms with Crippen LogP contribution in [0, 0.1) is 6.07 Å². The van der Waals surface area contributed by atoms with Gasteiger partial charge in [-0.05, 0) is 126 Å². The Morgan fingerprint density at radius 3 is 1.45 bits per heavy atom. The number of aromatic nitrogens is 6. The number of imidazole rings is 2. The first-order valence-electron chi connectivity index (χ1n) is 28.5. The van der Waals surface area contributed by atoms with Crippen LogP contribution in [0.3, 0.4) is 0 Å². The van der Waals surface area contributed by atoms with Gasteiger partial charge in [0.15, 0.2) is 5.65 Å². The molecular formula is C72H79N6OPt-. The van der Waals surface area contributed by atoms with Gasteiger partial charge in [-0.1, -0.05) is 208 Å². The van der Waals surface area contributed by atoms with Crippen LogP contribution in [-0.2, 0) is 37.3 Å². The molecular weight excluding hydrogens is 1160 g/mol. The van der Waals surface area contributed by atoms with E-state index in [0.29, 0.717) is 16.9 Å². The molecule has 7 nitrogen and oxygen atoms in total. The SMILES string of the molecule is CC(C)c1cc(-c2ccccc2)cc(C(C)C)c1-n1c(-c2cc(C(C)(C)C)cc(C(C)(C)C)c2O)nc2c(-c3[c-]c(-c4nc5cncnc5n4-c4c(C(C)C)cc(-c5ccccc5)cc4C(C)C)cc(C(C)(C)C)c3)cccc21.[Pt]. The predicted octanol–water partition coefficient (Wildman–Crippen LogP) is 19.4. The van der Waals surface area contributed by atoms with Gasteiger partial charge in [-0.25, -0.2) is 15.0 Å². The molecule has 3 aromatic heterocycles. The van der Waals surface area contributed by atoms with Crippen LogP contribution in [0.15, 0.2) is 140 Å². The van der Waals surface area contributed by atoms with E-state index in [9.17, 15) is 5.11 Å². The summed E-state index contributed by atoms with van der Waals surface area (Å²) in [5.74, 6) is 2.34. The van der Waals surface area contributed by atoms with E-state index in [2.05, 4.69) is 265 Å². The zero-order valence-electron chi connectivity index (χ0n) is 50.0. The Labute approximate surface area is 490 Å². The summed E-state index contributed by atoms with van der Waals surface area (Å²) in [5, 5.41) is 12.9. The predicted molar refractivity (Wildman–Crippen MR) is 331 cm³/mol. The van der Waals surface area contributed by atoms with Crippen molar-refractivity contribution in [1.82, 2.24) is 29.1 Å². The first-order valence-corrected chi connectivity index (χ1v) is 28.5. The Balaban J connectivity index is 0.00000774. The summed E-state index contributed by atoms with van der Waals surface area (Å²) in [6, 6.07) is 50.4. The minimum absolute atomic E-state index is 0. The van der Waals surface area contributed by atoms with Gasteiger partial charge in [-0.2, -0.15) is 0 Å². The number of fused-ring (bicyclic) bond motifs is 2. The molecule has 0 aliphatic rings. The van der Waals surface area contributed by atoms with E-state index in [1.807, 2.05) is 6.20 Å². The standard InChI is InChI=1S/C72H79N6O.Pt/c1-42(2)55-34-48(46-25-20-18-21-26-46)35-56(43(3)4)64(55)77-62-30-24-29-54(63(62)76-68(77)59-38-53(71(12,13)14)39-60(66(59)79)72(15,16)17)50-31-51(33-52(32-50)70(9,10)11)67-75-61-40-73-41-74-69(61)78(67)65-57(44(5)6)36-49(37-58(65)45(7)8)47-27-22-19-23-28-47;/h18-30,32-45,79H,1-17H3;/q-1;. The fraction of sp³-hybridized carbons (Fsp3) is 0.333. The molecule has 0 unspecified atom stereocenters. The van der Waals surface area contributed by atoms with Gasteiger partial charge in [-0.15, -0.1) is 29.3 Å². The molecule has 8 heteroatoms. The third-order valence-corrected chi connectivity index (χ3v) is 15.8. The van der Waals surface area contributed by atoms with Gasteiger partial charge in [-0.3, -0.25) is 9.55 Å². The van der Waals surface area contributed by atoms with Crippen LogP contribution >= 0.6 is 0 Å². The zero-order valence-corrected chi connectivity index (χ0v) is 52.3. The largest absolute Gasteiger partial charge is 0.507 e. The Morgan fingerprint density at radius 2 is 0.963 bits per heavy atom. The summed E-state index contributed by atoms with van der Waals surface area (Å²) in [6.07, 6.45) is 3.46. The van der Waals surface area contributed by atoms with Gasteiger partial charge < -0.3 is 9.67 Å². The monoisotopic (exact) mass is 1240 g/mol. The number of nitrogens with zero attached hydrogens (tertiary/aromatic N) is 6. The average molecular weight is 1240 g/mol. The third-order valence-electron chi connectivity index (χ3n) is 15.8. The van der Waals surface area contributed by atoms with Crippen LogP contribution in [0.4, 0.5) is 0 Å². The number of hydrogen-bond donors (Lipinski definition) is 1. The number of hydrogen-bond acceptors (Lipinski definition) is 5. The summed E-state index contributed by atoms with van der Waals surface area (Å²) in [6.45, 7) is 38.3. The van der Waals surface area contributed by atoms with Gasteiger partial charge in [0.1, 0.15) is 23.4 Å². The van der Waals surface area contributed by atoms with E-state index in [4.69, 9.17) is 15.0 Å². The second-order valence-corrected chi connectivity index (χ2v) is 26.2. The van der Waals surface area contributed by atoms with Gasteiger partial charge in [0.25, 0.3) is 0 Å². The van der Waals surface area contributed by atoms with Crippen LogP contribution in [0.1, 0.15) is 180 Å². The second-order valence-electron chi connectivity index (χ2n) is 26.2. The molecule has 0 fully saturated rings. The Kier molecular flexibility index (Phi) is 15.8. The molecule has 0 saturated carbocycles. The van der Waals surface area contributed by atoms with Crippen molar-refractivity contribution in [3.63, 3.8) is 0 Å². The van der Waals surface area contributed by atoms with Crippen molar-refractivity contribution >= 4 is 22.2 Å². The molecule has 0 aliphatic heterocycles. The van der Waals surface area contributed by atoms with Gasteiger partial charge >= 0.3 is 0 Å². The molecule has 3 heterocycles. The first-order chi connectivity index (χ1) is 37.3. The number of para-hydroxylation sites is 1. The summed E-state index contributed by atoms with van der Waals surface area (Å²) in [5.41, 5.74) is 20.7. The number of phenolic OH excluding ortho intramolecular Hbond substituents is 1. The molecule has 0 atom stereocenters. The van der Waals surface area contributed by atoms with Gasteiger partial charge in [0.05, 0.1) is 34.3 Å². The van der Waals surface area contributed by atoms with E-state index in [1.165, 1.54) is 44.5 Å². The van der Waals surface area contributed by atoms with Crippen molar-refractivity contribution in [2.75, 3.05) is 0 Å². The molecule has 1 N–H and O–H groups in total. The van der Waals surface area contributed by atoms with E-state index in [0.717, 1.165) is 67.3 Å². The molecule has 80 heavy (non-hydrogen) atoms. The van der Waals surface area contributed by atoms with E-state index >= 15 is 0 Å². The van der Waals surface area contributed by atoms with Crippen LogP contribution in [-0.4, -0.2) is 34.2 Å².